The maximum atomic E-state index is 12.9. The van der Waals surface area contributed by atoms with Crippen molar-refractivity contribution in [1.29, 1.82) is 0 Å². The Bertz CT molecular complexity index is 1390. The molecule has 0 bridgehead atoms. The Morgan fingerprint density at radius 3 is 2.60 bits per heavy atom. The Morgan fingerprint density at radius 2 is 1.83 bits per heavy atom. The van der Waals surface area contributed by atoms with Gasteiger partial charge in [-0.1, -0.05) is 6.07 Å². The number of nitrogens with zero attached hydrogens (tertiary/aromatic N) is 3. The van der Waals surface area contributed by atoms with Crippen molar-refractivity contribution in [3.05, 3.63) is 63.9 Å². The number of nitro groups is 1. The van der Waals surface area contributed by atoms with Crippen molar-refractivity contribution >= 4 is 32.6 Å². The summed E-state index contributed by atoms with van der Waals surface area (Å²) in [5.74, 6) is 1.40. The van der Waals surface area contributed by atoms with Gasteiger partial charge in [0, 0.05) is 55.7 Å². The van der Waals surface area contributed by atoms with Gasteiger partial charge in [-0.3, -0.25) is 14.9 Å². The van der Waals surface area contributed by atoms with Crippen LogP contribution in [0.15, 0.2) is 51.8 Å². The van der Waals surface area contributed by atoms with Crippen LogP contribution in [0, 0.1) is 10.1 Å². The molecule has 1 amide bonds. The number of carbonyl (C=O) groups excluding carboxylic acids is 1. The molecule has 35 heavy (non-hydrogen) atoms. The highest BCUT2D eigenvalue weighted by atomic mass is 32.2. The van der Waals surface area contributed by atoms with Crippen molar-refractivity contribution in [2.45, 2.75) is 30.6 Å². The first kappa shape index (κ1) is 23.3. The van der Waals surface area contributed by atoms with Crippen LogP contribution in [0.5, 0.6) is 5.75 Å². The molecule has 10 nitrogen and oxygen atoms in total. The summed E-state index contributed by atoms with van der Waals surface area (Å²) in [6.45, 7) is 0.478. The van der Waals surface area contributed by atoms with E-state index in [-0.39, 0.29) is 49.3 Å². The molecule has 2 aromatic carbocycles. The molecule has 1 aliphatic carbocycles. The Hall–Kier alpha value is -3.44. The summed E-state index contributed by atoms with van der Waals surface area (Å²) in [4.78, 5) is 24.5. The number of ether oxygens (including phenoxy) is 1. The molecule has 5 rings (SSSR count). The highest BCUT2D eigenvalue weighted by molar-refractivity contribution is 7.89. The fourth-order valence-corrected chi connectivity index (χ4v) is 6.11. The van der Waals surface area contributed by atoms with Crippen LogP contribution in [-0.4, -0.2) is 61.2 Å². The third-order valence-electron chi connectivity index (χ3n) is 6.55. The summed E-state index contributed by atoms with van der Waals surface area (Å²) in [6, 6.07) is 10.5. The van der Waals surface area contributed by atoms with Crippen molar-refractivity contribution < 1.29 is 27.3 Å². The summed E-state index contributed by atoms with van der Waals surface area (Å²) in [7, 11) is -3.89. The SMILES string of the molecule is O=C(COc1ccc2oc3c(c2c1)CCCC3)N1CCN(S(=O)(=O)c2cccc([N+](=O)[O-])c2)CC1. The van der Waals surface area contributed by atoms with Crippen LogP contribution in [0.25, 0.3) is 11.0 Å². The molecule has 3 aromatic rings. The molecule has 0 atom stereocenters. The summed E-state index contributed by atoms with van der Waals surface area (Å²) in [5.41, 5.74) is 1.77. The van der Waals surface area contributed by atoms with Gasteiger partial charge in [0.2, 0.25) is 10.0 Å². The van der Waals surface area contributed by atoms with Crippen LogP contribution >= 0.6 is 0 Å². The summed E-state index contributed by atoms with van der Waals surface area (Å²) >= 11 is 0. The highest BCUT2D eigenvalue weighted by Gasteiger charge is 2.31. The number of aryl methyl sites for hydroxylation is 2. The molecule has 1 aromatic heterocycles. The number of rotatable bonds is 6. The maximum absolute atomic E-state index is 12.9. The second kappa shape index (κ2) is 9.31. The topological polar surface area (TPSA) is 123 Å². The zero-order chi connectivity index (χ0) is 24.6. The summed E-state index contributed by atoms with van der Waals surface area (Å²) in [5, 5.41) is 12.0. The van der Waals surface area contributed by atoms with Crippen molar-refractivity contribution in [2.75, 3.05) is 32.8 Å². The number of non-ortho nitro benzene ring substituents is 1. The van der Waals surface area contributed by atoms with Gasteiger partial charge in [0.15, 0.2) is 6.61 Å². The largest absolute Gasteiger partial charge is 0.484 e. The number of piperazine rings is 1. The van der Waals surface area contributed by atoms with E-state index in [1.807, 2.05) is 12.1 Å². The second-order valence-corrected chi connectivity index (χ2v) is 10.6. The highest BCUT2D eigenvalue weighted by Crippen LogP contribution is 2.34. The zero-order valence-corrected chi connectivity index (χ0v) is 19.8. The quantitative estimate of drug-likeness (QED) is 0.377. The Balaban J connectivity index is 1.19. The van der Waals surface area contributed by atoms with E-state index in [4.69, 9.17) is 9.15 Å². The van der Waals surface area contributed by atoms with Crippen LogP contribution in [0.4, 0.5) is 5.69 Å². The summed E-state index contributed by atoms with van der Waals surface area (Å²) < 4.78 is 38.7. The number of furan rings is 1. The first-order valence-electron chi connectivity index (χ1n) is 11.5. The minimum atomic E-state index is -3.89. The van der Waals surface area contributed by atoms with Crippen molar-refractivity contribution in [3.63, 3.8) is 0 Å². The van der Waals surface area contributed by atoms with Gasteiger partial charge in [-0.05, 0) is 43.5 Å². The summed E-state index contributed by atoms with van der Waals surface area (Å²) in [6.07, 6.45) is 4.19. The molecule has 0 unspecified atom stereocenters. The molecule has 184 valence electrons. The number of hydrogen-bond donors (Lipinski definition) is 0. The lowest BCUT2D eigenvalue weighted by Crippen LogP contribution is -2.51. The van der Waals surface area contributed by atoms with Gasteiger partial charge < -0.3 is 14.1 Å². The standard InChI is InChI=1S/C24H25N3O7S/c28-24(16-33-18-8-9-23-21(15-18)20-6-1-2-7-22(20)34-23)25-10-12-26(13-11-25)35(31,32)19-5-3-4-17(14-19)27(29)30/h3-5,8-9,14-15H,1-2,6-7,10-13,16H2. The van der Waals surface area contributed by atoms with E-state index in [9.17, 15) is 23.3 Å². The van der Waals surface area contributed by atoms with Gasteiger partial charge in [0.1, 0.15) is 17.1 Å². The third-order valence-corrected chi connectivity index (χ3v) is 8.44. The lowest BCUT2D eigenvalue weighted by molar-refractivity contribution is -0.385. The zero-order valence-electron chi connectivity index (χ0n) is 19.0. The normalized spacial score (nSPS) is 16.7. The molecule has 0 radical (unpaired) electrons. The van der Waals surface area contributed by atoms with Crippen molar-refractivity contribution in [3.8, 4) is 5.75 Å². The smallest absolute Gasteiger partial charge is 0.270 e. The predicted octanol–water partition coefficient (Wildman–Crippen LogP) is 3.13. The molecule has 2 aliphatic rings. The monoisotopic (exact) mass is 499 g/mol. The number of amides is 1. The Morgan fingerprint density at radius 1 is 1.06 bits per heavy atom. The van der Waals surface area contributed by atoms with E-state index < -0.39 is 14.9 Å². The van der Waals surface area contributed by atoms with E-state index in [1.54, 1.807) is 11.0 Å². The average molecular weight is 500 g/mol. The molecular weight excluding hydrogens is 474 g/mol. The van der Waals surface area contributed by atoms with Crippen molar-refractivity contribution in [1.82, 2.24) is 9.21 Å². The molecule has 1 fully saturated rings. The molecule has 1 aliphatic heterocycles. The lowest BCUT2D eigenvalue weighted by atomic mass is 9.96. The van der Waals surface area contributed by atoms with Gasteiger partial charge in [0.05, 0.1) is 9.82 Å². The van der Waals surface area contributed by atoms with Crippen LogP contribution in [0.3, 0.4) is 0 Å². The van der Waals surface area contributed by atoms with Crippen LogP contribution in [0.1, 0.15) is 24.2 Å². The van der Waals surface area contributed by atoms with E-state index in [2.05, 4.69) is 0 Å². The van der Waals surface area contributed by atoms with Gasteiger partial charge in [-0.25, -0.2) is 8.42 Å². The Kier molecular flexibility index (Phi) is 6.20. The molecule has 11 heteroatoms. The molecular formula is C24H25N3O7S. The number of benzene rings is 2. The van der Waals surface area contributed by atoms with Gasteiger partial charge in [-0.15, -0.1) is 0 Å². The average Bonchev–Trinajstić information content (AvgIpc) is 3.25. The molecule has 0 spiro atoms. The maximum Gasteiger partial charge on any atom is 0.270 e. The van der Waals surface area contributed by atoms with Crippen LogP contribution < -0.4 is 4.74 Å². The fraction of sp³-hybridized carbons (Fsp3) is 0.375. The lowest BCUT2D eigenvalue weighted by Gasteiger charge is -2.33. The van der Waals surface area contributed by atoms with Gasteiger partial charge >= 0.3 is 0 Å². The minimum Gasteiger partial charge on any atom is -0.484 e. The van der Waals surface area contributed by atoms with E-state index in [1.165, 1.54) is 28.1 Å². The van der Waals surface area contributed by atoms with Crippen LogP contribution in [0.2, 0.25) is 0 Å². The molecule has 2 heterocycles. The van der Waals surface area contributed by atoms with Gasteiger partial charge in [-0.2, -0.15) is 4.31 Å². The first-order valence-corrected chi connectivity index (χ1v) is 13.0. The van der Waals surface area contributed by atoms with E-state index in [0.29, 0.717) is 5.75 Å². The Labute approximate surface area is 202 Å². The fourth-order valence-electron chi connectivity index (χ4n) is 4.65. The number of sulfonamides is 1. The first-order chi connectivity index (χ1) is 16.8. The number of fused-ring (bicyclic) bond motifs is 3. The van der Waals surface area contributed by atoms with E-state index >= 15 is 0 Å². The van der Waals surface area contributed by atoms with E-state index in [0.717, 1.165) is 48.5 Å². The second-order valence-electron chi connectivity index (χ2n) is 8.70. The molecule has 0 N–H and O–H groups in total. The minimum absolute atomic E-state index is 0.101. The van der Waals surface area contributed by atoms with Crippen LogP contribution in [-0.2, 0) is 27.7 Å². The number of carbonyl (C=O) groups is 1. The molecule has 1 saturated heterocycles. The predicted molar refractivity (Wildman–Crippen MR) is 127 cm³/mol. The third kappa shape index (κ3) is 4.61. The number of nitro benzene ring substituents is 1. The van der Waals surface area contributed by atoms with Crippen molar-refractivity contribution in [2.24, 2.45) is 0 Å². The number of hydrogen-bond acceptors (Lipinski definition) is 7. The molecule has 0 saturated carbocycles. The van der Waals surface area contributed by atoms with Gasteiger partial charge in [0.25, 0.3) is 11.6 Å².